The van der Waals surface area contributed by atoms with Crippen LogP contribution in [0.25, 0.3) is 11.0 Å². The van der Waals surface area contributed by atoms with Gasteiger partial charge >= 0.3 is 0 Å². The predicted molar refractivity (Wildman–Crippen MR) is 94.5 cm³/mol. The first-order chi connectivity index (χ1) is 11.7. The van der Waals surface area contributed by atoms with Crippen LogP contribution < -0.4 is 15.1 Å². The lowest BCUT2D eigenvalue weighted by molar-refractivity contribution is 0.296. The van der Waals surface area contributed by atoms with Gasteiger partial charge in [0.2, 0.25) is 5.62 Å². The molecule has 1 N–H and O–H groups in total. The molecule has 2 aromatic carbocycles. The third-order valence-electron chi connectivity index (χ3n) is 3.93. The lowest BCUT2D eigenvalue weighted by Crippen LogP contribution is -2.26. The molecule has 1 aromatic heterocycles. The van der Waals surface area contributed by atoms with Crippen molar-refractivity contribution < 1.29 is 9.47 Å². The maximum atomic E-state index is 8.42. The Kier molecular flexibility index (Phi) is 4.70. The molecule has 0 saturated carbocycles. The van der Waals surface area contributed by atoms with Gasteiger partial charge in [-0.2, -0.15) is 0 Å². The molecule has 0 fully saturated rings. The lowest BCUT2D eigenvalue weighted by atomic mass is 10.3. The van der Waals surface area contributed by atoms with Crippen LogP contribution in [-0.2, 0) is 13.1 Å². The highest BCUT2D eigenvalue weighted by Crippen LogP contribution is 2.17. The van der Waals surface area contributed by atoms with E-state index in [9.17, 15) is 0 Å². The molecule has 0 aliphatic rings. The van der Waals surface area contributed by atoms with E-state index in [0.717, 1.165) is 22.5 Å². The van der Waals surface area contributed by atoms with Crippen molar-refractivity contribution in [2.45, 2.75) is 13.1 Å². The molecular formula is C19H21N3O2. The zero-order chi connectivity index (χ0) is 16.9. The van der Waals surface area contributed by atoms with Crippen LogP contribution in [0.4, 0.5) is 0 Å². The van der Waals surface area contributed by atoms with E-state index in [1.165, 1.54) is 0 Å². The van der Waals surface area contributed by atoms with Crippen LogP contribution in [-0.4, -0.2) is 22.9 Å². The van der Waals surface area contributed by atoms with Crippen LogP contribution in [0.2, 0.25) is 0 Å². The van der Waals surface area contributed by atoms with Crippen LogP contribution in [0.5, 0.6) is 11.5 Å². The van der Waals surface area contributed by atoms with Crippen molar-refractivity contribution in [3.8, 4) is 11.5 Å². The summed E-state index contributed by atoms with van der Waals surface area (Å²) in [6.07, 6.45) is 1.81. The average molecular weight is 323 g/mol. The molecule has 0 aliphatic heterocycles. The van der Waals surface area contributed by atoms with Crippen molar-refractivity contribution >= 4 is 11.0 Å². The molecule has 0 radical (unpaired) electrons. The number of ether oxygens (including phenoxy) is 2. The summed E-state index contributed by atoms with van der Waals surface area (Å²) in [4.78, 5) is 0. The molecule has 0 amide bonds. The van der Waals surface area contributed by atoms with Crippen molar-refractivity contribution in [3.05, 3.63) is 66.8 Å². The maximum Gasteiger partial charge on any atom is 0.203 e. The van der Waals surface area contributed by atoms with Gasteiger partial charge in [0.15, 0.2) is 0 Å². The van der Waals surface area contributed by atoms with E-state index in [1.54, 1.807) is 7.11 Å². The number of aromatic nitrogens is 2. The summed E-state index contributed by atoms with van der Waals surface area (Å²) in [5.41, 5.74) is 2.52. The van der Waals surface area contributed by atoms with Crippen molar-refractivity contribution in [1.82, 2.24) is 9.13 Å². The highest BCUT2D eigenvalue weighted by molar-refractivity contribution is 5.75. The molecule has 124 valence electrons. The van der Waals surface area contributed by atoms with E-state index in [4.69, 9.17) is 14.9 Å². The predicted octanol–water partition coefficient (Wildman–Crippen LogP) is 3.20. The summed E-state index contributed by atoms with van der Waals surface area (Å²) in [7, 11) is 1.64. The zero-order valence-electron chi connectivity index (χ0n) is 13.7. The lowest BCUT2D eigenvalue weighted by Gasteiger charge is -2.08. The Morgan fingerprint density at radius 2 is 1.62 bits per heavy atom. The molecule has 0 spiro atoms. The topological polar surface area (TPSA) is 52.2 Å². The second-order valence-electron chi connectivity index (χ2n) is 5.39. The number of hydrogen-bond acceptors (Lipinski definition) is 3. The van der Waals surface area contributed by atoms with Crippen LogP contribution in [0.1, 0.15) is 0 Å². The molecule has 0 bridgehead atoms. The van der Waals surface area contributed by atoms with E-state index >= 15 is 0 Å². The van der Waals surface area contributed by atoms with Crippen LogP contribution in [0, 0.1) is 5.41 Å². The zero-order valence-corrected chi connectivity index (χ0v) is 13.7. The summed E-state index contributed by atoms with van der Waals surface area (Å²) >= 11 is 0. The number of hydrogen-bond donors (Lipinski definition) is 1. The number of benzene rings is 2. The fraction of sp³-hybridized carbons (Fsp3) is 0.211. The van der Waals surface area contributed by atoms with Crippen molar-refractivity contribution in [3.63, 3.8) is 0 Å². The van der Waals surface area contributed by atoms with E-state index in [1.807, 2.05) is 63.7 Å². The molecule has 5 heteroatoms. The van der Waals surface area contributed by atoms with Crippen molar-refractivity contribution in [2.75, 3.05) is 13.7 Å². The van der Waals surface area contributed by atoms with Gasteiger partial charge in [-0.1, -0.05) is 18.2 Å². The molecule has 0 saturated heterocycles. The summed E-state index contributed by atoms with van der Waals surface area (Å²) in [6.45, 7) is 5.50. The smallest absolute Gasteiger partial charge is 0.203 e. The Bertz CT molecular complexity index is 891. The SMILES string of the molecule is C=CCn1c(=N)n(CCOc2ccc(OC)cc2)c2ccccc21. The van der Waals surface area contributed by atoms with E-state index < -0.39 is 0 Å². The van der Waals surface area contributed by atoms with Gasteiger partial charge in [-0.05, 0) is 36.4 Å². The second kappa shape index (κ2) is 7.08. The molecular weight excluding hydrogens is 302 g/mol. The second-order valence-corrected chi connectivity index (χ2v) is 5.39. The minimum Gasteiger partial charge on any atom is -0.497 e. The molecule has 3 aromatic rings. The number of nitrogens with one attached hydrogen (secondary N) is 1. The van der Waals surface area contributed by atoms with Crippen LogP contribution in [0.15, 0.2) is 61.2 Å². The van der Waals surface area contributed by atoms with Gasteiger partial charge in [0.25, 0.3) is 0 Å². The Morgan fingerprint density at radius 3 is 2.25 bits per heavy atom. The first-order valence-corrected chi connectivity index (χ1v) is 7.85. The summed E-state index contributed by atoms with van der Waals surface area (Å²) in [5.74, 6) is 1.59. The van der Waals surface area contributed by atoms with Crippen LogP contribution in [0.3, 0.4) is 0 Å². The van der Waals surface area contributed by atoms with Crippen molar-refractivity contribution in [1.29, 1.82) is 5.41 Å². The summed E-state index contributed by atoms with van der Waals surface area (Å²) < 4.78 is 14.8. The number of imidazole rings is 1. The quantitative estimate of drug-likeness (QED) is 0.679. The molecule has 0 unspecified atom stereocenters. The summed E-state index contributed by atoms with van der Waals surface area (Å²) in [5, 5.41) is 8.42. The fourth-order valence-corrected chi connectivity index (χ4v) is 2.76. The number of rotatable bonds is 7. The first-order valence-electron chi connectivity index (χ1n) is 7.85. The molecule has 5 nitrogen and oxygen atoms in total. The van der Waals surface area contributed by atoms with E-state index in [-0.39, 0.29) is 0 Å². The third-order valence-corrected chi connectivity index (χ3v) is 3.93. The van der Waals surface area contributed by atoms with Gasteiger partial charge in [-0.25, -0.2) is 0 Å². The standard InChI is InChI=1S/C19H21N3O2/c1-3-12-21-17-6-4-5-7-18(17)22(19(21)20)13-14-24-16-10-8-15(23-2)9-11-16/h3-11,20H,1,12-14H2,2H3. The third kappa shape index (κ3) is 3.06. The minimum atomic E-state index is 0.453. The maximum absolute atomic E-state index is 8.42. The van der Waals surface area contributed by atoms with Gasteiger partial charge in [-0.15, -0.1) is 6.58 Å². The number of allylic oxidation sites excluding steroid dienone is 1. The number of methoxy groups -OCH3 is 1. The van der Waals surface area contributed by atoms with Crippen LogP contribution >= 0.6 is 0 Å². The molecule has 0 aliphatic carbocycles. The van der Waals surface area contributed by atoms with Gasteiger partial charge in [-0.3, -0.25) is 5.41 Å². The first kappa shape index (κ1) is 15.9. The Labute approximate surface area is 140 Å². The molecule has 0 atom stereocenters. The summed E-state index contributed by atoms with van der Waals surface area (Å²) in [6, 6.07) is 15.5. The number of para-hydroxylation sites is 2. The average Bonchev–Trinajstić information content (AvgIpc) is 2.88. The Hall–Kier alpha value is -2.95. The number of nitrogens with zero attached hydrogens (tertiary/aromatic N) is 2. The van der Waals surface area contributed by atoms with Gasteiger partial charge in [0.1, 0.15) is 18.1 Å². The fourth-order valence-electron chi connectivity index (χ4n) is 2.76. The normalized spacial score (nSPS) is 10.7. The molecule has 1 heterocycles. The van der Waals surface area contributed by atoms with E-state index in [0.29, 0.717) is 25.3 Å². The molecule has 24 heavy (non-hydrogen) atoms. The van der Waals surface area contributed by atoms with Gasteiger partial charge in [0, 0.05) is 6.54 Å². The number of fused-ring (bicyclic) bond motifs is 1. The minimum absolute atomic E-state index is 0.453. The monoisotopic (exact) mass is 323 g/mol. The van der Waals surface area contributed by atoms with Crippen molar-refractivity contribution in [2.24, 2.45) is 0 Å². The van der Waals surface area contributed by atoms with E-state index in [2.05, 4.69) is 6.58 Å². The largest absolute Gasteiger partial charge is 0.497 e. The Morgan fingerprint density at radius 1 is 1.00 bits per heavy atom. The highest BCUT2D eigenvalue weighted by atomic mass is 16.5. The molecule has 3 rings (SSSR count). The Balaban J connectivity index is 1.78. The van der Waals surface area contributed by atoms with Gasteiger partial charge < -0.3 is 18.6 Å². The highest BCUT2D eigenvalue weighted by Gasteiger charge is 2.09. The van der Waals surface area contributed by atoms with Gasteiger partial charge in [0.05, 0.1) is 24.7 Å².